The average molecular weight is 459 g/mol. The summed E-state index contributed by atoms with van der Waals surface area (Å²) in [5.74, 6) is -0.300. The van der Waals surface area contributed by atoms with Gasteiger partial charge in [-0.25, -0.2) is 0 Å². The number of hydrogen-bond donors (Lipinski definition) is 2. The molecule has 0 bridgehead atoms. The monoisotopic (exact) mass is 458 g/mol. The summed E-state index contributed by atoms with van der Waals surface area (Å²) in [5.41, 5.74) is 0.248. The van der Waals surface area contributed by atoms with Crippen molar-refractivity contribution in [3.05, 3.63) is 49.1 Å². The van der Waals surface area contributed by atoms with Crippen LogP contribution < -0.4 is 0 Å². The van der Waals surface area contributed by atoms with Crippen LogP contribution in [0.5, 0.6) is 0 Å². The van der Waals surface area contributed by atoms with Crippen molar-refractivity contribution < 1.29 is 29.3 Å². The molecule has 6 heteroatoms. The molecule has 1 aliphatic heterocycles. The van der Waals surface area contributed by atoms with E-state index in [0.717, 1.165) is 12.0 Å². The quantitative estimate of drug-likeness (QED) is 0.400. The fourth-order valence-electron chi connectivity index (χ4n) is 5.57. The van der Waals surface area contributed by atoms with Crippen LogP contribution in [0, 0.1) is 23.2 Å². The highest BCUT2D eigenvalue weighted by Crippen LogP contribution is 2.45. The molecular weight excluding hydrogens is 420 g/mol. The number of cyclic esters (lactones) is 1. The highest BCUT2D eigenvalue weighted by molar-refractivity contribution is 5.77. The van der Waals surface area contributed by atoms with Gasteiger partial charge in [-0.15, -0.1) is 13.2 Å². The first-order valence-corrected chi connectivity index (χ1v) is 12.0. The van der Waals surface area contributed by atoms with Gasteiger partial charge in [0, 0.05) is 18.8 Å². The first-order chi connectivity index (χ1) is 15.7. The van der Waals surface area contributed by atoms with E-state index in [1.807, 2.05) is 19.1 Å². The summed E-state index contributed by atoms with van der Waals surface area (Å²) >= 11 is 0. The molecule has 0 spiro atoms. The van der Waals surface area contributed by atoms with Gasteiger partial charge < -0.3 is 19.7 Å². The fourth-order valence-corrected chi connectivity index (χ4v) is 5.57. The maximum atomic E-state index is 13.2. The maximum Gasteiger partial charge on any atom is 0.312 e. The first kappa shape index (κ1) is 25.4. The van der Waals surface area contributed by atoms with E-state index >= 15 is 0 Å². The van der Waals surface area contributed by atoms with E-state index in [1.165, 1.54) is 0 Å². The number of esters is 2. The summed E-state index contributed by atoms with van der Waals surface area (Å²) in [5, 5.41) is 20.4. The zero-order valence-corrected chi connectivity index (χ0v) is 19.8. The molecule has 0 radical (unpaired) electrons. The van der Waals surface area contributed by atoms with Crippen molar-refractivity contribution in [1.82, 2.24) is 0 Å². The molecule has 33 heavy (non-hydrogen) atoms. The highest BCUT2D eigenvalue weighted by atomic mass is 16.6. The van der Waals surface area contributed by atoms with Gasteiger partial charge in [-0.2, -0.15) is 0 Å². The molecule has 7 atom stereocenters. The Balaban J connectivity index is 1.78. The van der Waals surface area contributed by atoms with Crippen molar-refractivity contribution in [3.63, 3.8) is 0 Å². The van der Waals surface area contributed by atoms with Gasteiger partial charge in [-0.3, -0.25) is 9.59 Å². The first-order valence-electron chi connectivity index (χ1n) is 12.0. The molecule has 1 heterocycles. The van der Waals surface area contributed by atoms with Gasteiger partial charge in [0.1, 0.15) is 12.2 Å². The predicted molar refractivity (Wildman–Crippen MR) is 126 cm³/mol. The average Bonchev–Trinajstić information content (AvgIpc) is 2.72. The van der Waals surface area contributed by atoms with Crippen LogP contribution in [0.15, 0.2) is 49.1 Å². The standard InChI is InChI=1S/C27H38O6/c1-5-11-27(4,12-6-2)26(31)33-23-15-19(28)13-18-8-7-17(3)22(25(18)23)10-9-21-14-20(29)16-24(30)32-21/h5-8,13,17,19-23,25,28-29H,1-2,9-12,14-16H2,3-4H3/t17-,19+,20+,21+,22-,23-,25-/m0/s1. The van der Waals surface area contributed by atoms with Crippen LogP contribution >= 0.6 is 0 Å². The van der Waals surface area contributed by atoms with Crippen molar-refractivity contribution in [1.29, 1.82) is 0 Å². The number of rotatable bonds is 9. The van der Waals surface area contributed by atoms with Crippen LogP contribution in [0.2, 0.25) is 0 Å². The van der Waals surface area contributed by atoms with Crippen LogP contribution in [-0.4, -0.2) is 46.6 Å². The minimum Gasteiger partial charge on any atom is -0.462 e. The Labute approximate surface area is 197 Å². The van der Waals surface area contributed by atoms with Crippen LogP contribution in [0.4, 0.5) is 0 Å². The molecule has 0 aromatic heterocycles. The minimum absolute atomic E-state index is 0.0433. The van der Waals surface area contributed by atoms with E-state index in [-0.39, 0.29) is 42.2 Å². The topological polar surface area (TPSA) is 93.1 Å². The Morgan fingerprint density at radius 3 is 2.58 bits per heavy atom. The molecule has 0 unspecified atom stereocenters. The Hall–Kier alpha value is -2.18. The number of hydrogen-bond acceptors (Lipinski definition) is 6. The lowest BCUT2D eigenvalue weighted by Crippen LogP contribution is -2.44. The molecule has 3 aliphatic rings. The number of fused-ring (bicyclic) bond motifs is 1. The molecule has 6 nitrogen and oxygen atoms in total. The van der Waals surface area contributed by atoms with Crippen LogP contribution in [0.25, 0.3) is 0 Å². The van der Waals surface area contributed by atoms with Crippen molar-refractivity contribution in [2.75, 3.05) is 0 Å². The van der Waals surface area contributed by atoms with Gasteiger partial charge in [-0.1, -0.05) is 37.3 Å². The molecule has 2 N–H and O–H groups in total. The van der Waals surface area contributed by atoms with E-state index in [1.54, 1.807) is 12.2 Å². The number of carbonyl (C=O) groups excluding carboxylic acids is 2. The summed E-state index contributed by atoms with van der Waals surface area (Å²) in [6, 6.07) is 0. The molecule has 1 fully saturated rings. The van der Waals surface area contributed by atoms with Gasteiger partial charge in [0.2, 0.25) is 0 Å². The van der Waals surface area contributed by atoms with Crippen LogP contribution in [0.3, 0.4) is 0 Å². The highest BCUT2D eigenvalue weighted by Gasteiger charge is 2.44. The second kappa shape index (κ2) is 10.8. The largest absolute Gasteiger partial charge is 0.462 e. The van der Waals surface area contributed by atoms with Gasteiger partial charge >= 0.3 is 11.9 Å². The van der Waals surface area contributed by atoms with Crippen molar-refractivity contribution in [2.24, 2.45) is 23.2 Å². The molecule has 2 aliphatic carbocycles. The SMILES string of the molecule is C=CCC(C)(CC=C)C(=O)O[C@H]1C[C@H](O)C=C2C=C[C@H](C)[C@H](CC[C@@H]3C[C@@H](O)CC(=O)O3)[C@H]21. The molecule has 0 amide bonds. The van der Waals surface area contributed by atoms with E-state index in [2.05, 4.69) is 26.2 Å². The Kier molecular flexibility index (Phi) is 8.35. The number of aliphatic hydroxyl groups excluding tert-OH is 2. The Bertz CT molecular complexity index is 801. The lowest BCUT2D eigenvalue weighted by atomic mass is 9.66. The van der Waals surface area contributed by atoms with Crippen LogP contribution in [-0.2, 0) is 19.1 Å². The number of carbonyl (C=O) groups is 2. The predicted octanol–water partition coefficient (Wildman–Crippen LogP) is 4.03. The van der Waals surface area contributed by atoms with Crippen LogP contribution in [0.1, 0.15) is 58.8 Å². The smallest absolute Gasteiger partial charge is 0.312 e. The lowest BCUT2D eigenvalue weighted by Gasteiger charge is -2.44. The number of allylic oxidation sites excluding steroid dienone is 4. The summed E-state index contributed by atoms with van der Waals surface area (Å²) in [4.78, 5) is 25.0. The Morgan fingerprint density at radius 2 is 1.94 bits per heavy atom. The Morgan fingerprint density at radius 1 is 1.24 bits per heavy atom. The van der Waals surface area contributed by atoms with E-state index in [4.69, 9.17) is 9.47 Å². The summed E-state index contributed by atoms with van der Waals surface area (Å²) in [6.07, 6.45) is 10.6. The second-order valence-electron chi connectivity index (χ2n) is 10.2. The van der Waals surface area contributed by atoms with Gasteiger partial charge in [0.05, 0.1) is 24.0 Å². The fraction of sp³-hybridized carbons (Fsp3) is 0.630. The van der Waals surface area contributed by atoms with Gasteiger partial charge in [-0.05, 0) is 50.0 Å². The molecule has 0 aromatic carbocycles. The molecule has 182 valence electrons. The molecular formula is C27H38O6. The number of aliphatic hydroxyl groups is 2. The number of ether oxygens (including phenoxy) is 2. The third-order valence-corrected chi connectivity index (χ3v) is 7.37. The maximum absolute atomic E-state index is 13.2. The summed E-state index contributed by atoms with van der Waals surface area (Å²) in [6.45, 7) is 11.6. The van der Waals surface area contributed by atoms with Crippen molar-refractivity contribution in [2.45, 2.75) is 83.2 Å². The van der Waals surface area contributed by atoms with E-state index in [9.17, 15) is 19.8 Å². The molecule has 0 aromatic rings. The normalized spacial score (nSPS) is 34.0. The van der Waals surface area contributed by atoms with Crippen molar-refractivity contribution in [3.8, 4) is 0 Å². The third kappa shape index (κ3) is 6.04. The minimum atomic E-state index is -0.742. The molecule has 1 saturated heterocycles. The second-order valence-corrected chi connectivity index (χ2v) is 10.2. The van der Waals surface area contributed by atoms with Gasteiger partial charge in [0.25, 0.3) is 0 Å². The zero-order valence-electron chi connectivity index (χ0n) is 19.8. The summed E-state index contributed by atoms with van der Waals surface area (Å²) < 4.78 is 11.6. The third-order valence-electron chi connectivity index (χ3n) is 7.37. The van der Waals surface area contributed by atoms with E-state index < -0.39 is 23.7 Å². The van der Waals surface area contributed by atoms with Crippen molar-refractivity contribution >= 4 is 11.9 Å². The van der Waals surface area contributed by atoms with E-state index in [0.29, 0.717) is 32.1 Å². The lowest BCUT2D eigenvalue weighted by molar-refractivity contribution is -0.167. The molecule has 3 rings (SSSR count). The zero-order chi connectivity index (χ0) is 24.2. The van der Waals surface area contributed by atoms with Gasteiger partial charge in [0.15, 0.2) is 0 Å². The summed E-state index contributed by atoms with van der Waals surface area (Å²) in [7, 11) is 0. The molecule has 0 saturated carbocycles.